The molecular weight excluding hydrogens is 712 g/mol. The Morgan fingerprint density at radius 3 is 2.47 bits per heavy atom. The van der Waals surface area contributed by atoms with Crippen molar-refractivity contribution in [3.8, 4) is 11.5 Å². The molecule has 2 aromatic rings. The van der Waals surface area contributed by atoms with E-state index in [1.807, 2.05) is 6.92 Å². The van der Waals surface area contributed by atoms with Gasteiger partial charge in [0, 0.05) is 50.8 Å². The lowest BCUT2D eigenvalue weighted by Gasteiger charge is -2.44. The first-order valence-corrected chi connectivity index (χ1v) is 18.8. The first kappa shape index (κ1) is 42.0. The fourth-order valence-corrected chi connectivity index (χ4v) is 7.65. The SMILES string of the molecule is C=C1c2cccc(OC)c2C(=O)c2c(O)c3c(c(C)c21)C[C@@](O)(C(=C)CO)C[C@@H]3OC1C[C@H](NC(=O)CCC(=O)NCCOCCOCCC)[C@H](O)[C@H](C)O1. The molecule has 0 radical (unpaired) electrons. The number of phenolic OH excluding ortho intramolecular Hbond substituents is 1. The standard InChI is InChI=1S/C41H54N2O12/c1-7-14-52-16-17-53-15-13-42-31(45)11-12-32(46)43-28-18-33(54-25(5)38(28)47)55-30-20-41(50,22(2)21-44)19-27-24(4)34-23(3)26-9-8-10-29(51-6)35(26)39(48)37(34)40(49)36(27)30/h8-10,25,28,30,33,38,44,47,49-50H,2-3,7,11-21H2,1,4-6H3,(H,42,45)(H,43,46)/t25-,28-,30-,33?,38+,41-/m0/s1. The van der Waals surface area contributed by atoms with E-state index in [9.17, 15) is 34.8 Å². The molecule has 1 aliphatic heterocycles. The minimum atomic E-state index is -1.66. The lowest BCUT2D eigenvalue weighted by atomic mass is 9.69. The number of nitrogens with one attached hydrogen (secondary N) is 2. The number of aliphatic hydroxyl groups is 3. The number of ether oxygens (including phenoxy) is 5. The lowest BCUT2D eigenvalue weighted by Crippen LogP contribution is -2.55. The number of amides is 2. The molecule has 1 unspecified atom stereocenters. The van der Waals surface area contributed by atoms with Crippen LogP contribution >= 0.6 is 0 Å². The zero-order valence-corrected chi connectivity index (χ0v) is 32.1. The van der Waals surface area contributed by atoms with Crippen molar-refractivity contribution in [1.82, 2.24) is 10.6 Å². The molecule has 300 valence electrons. The highest BCUT2D eigenvalue weighted by molar-refractivity contribution is 6.22. The van der Waals surface area contributed by atoms with Crippen LogP contribution in [0.1, 0.15) is 95.8 Å². The van der Waals surface area contributed by atoms with Crippen molar-refractivity contribution in [2.75, 3.05) is 46.7 Å². The summed E-state index contributed by atoms with van der Waals surface area (Å²) in [6, 6.07) is 4.35. The third-order valence-corrected chi connectivity index (χ3v) is 10.6. The van der Waals surface area contributed by atoms with Gasteiger partial charge in [-0.1, -0.05) is 32.2 Å². The van der Waals surface area contributed by atoms with E-state index in [4.69, 9.17) is 23.7 Å². The predicted octanol–water partition coefficient (Wildman–Crippen LogP) is 2.92. The molecule has 1 saturated heterocycles. The van der Waals surface area contributed by atoms with Gasteiger partial charge in [0.1, 0.15) is 17.6 Å². The smallest absolute Gasteiger partial charge is 0.220 e. The van der Waals surface area contributed by atoms with Gasteiger partial charge in [0.25, 0.3) is 0 Å². The molecule has 55 heavy (non-hydrogen) atoms. The maximum absolute atomic E-state index is 14.2. The fraction of sp³-hybridized carbons (Fsp3) is 0.537. The van der Waals surface area contributed by atoms with Crippen LogP contribution in [0.5, 0.6) is 11.5 Å². The third-order valence-electron chi connectivity index (χ3n) is 10.6. The second-order valence-electron chi connectivity index (χ2n) is 14.4. The monoisotopic (exact) mass is 766 g/mol. The van der Waals surface area contributed by atoms with Crippen molar-refractivity contribution in [3.63, 3.8) is 0 Å². The van der Waals surface area contributed by atoms with Gasteiger partial charge in [-0.3, -0.25) is 14.4 Å². The van der Waals surface area contributed by atoms with Crippen molar-refractivity contribution in [2.45, 2.75) is 95.5 Å². The minimum Gasteiger partial charge on any atom is -0.507 e. The summed E-state index contributed by atoms with van der Waals surface area (Å²) in [5.74, 6) is -1.24. The maximum atomic E-state index is 14.2. The summed E-state index contributed by atoms with van der Waals surface area (Å²) in [5, 5.41) is 50.5. The summed E-state index contributed by atoms with van der Waals surface area (Å²) in [6.45, 7) is 15.3. The third kappa shape index (κ3) is 8.96. The minimum absolute atomic E-state index is 0.0149. The summed E-state index contributed by atoms with van der Waals surface area (Å²) in [5.41, 5.74) is 1.64. The Hall–Kier alpha value is -4.15. The van der Waals surface area contributed by atoms with Crippen molar-refractivity contribution < 1.29 is 58.5 Å². The molecule has 14 nitrogen and oxygen atoms in total. The number of fused-ring (bicyclic) bond motifs is 3. The van der Waals surface area contributed by atoms with Crippen LogP contribution in [0.3, 0.4) is 0 Å². The molecule has 0 bridgehead atoms. The fourth-order valence-electron chi connectivity index (χ4n) is 7.65. The van der Waals surface area contributed by atoms with E-state index in [1.54, 1.807) is 32.0 Å². The van der Waals surface area contributed by atoms with Gasteiger partial charge in [0.15, 0.2) is 6.29 Å². The predicted molar refractivity (Wildman–Crippen MR) is 202 cm³/mol. The number of hydrogen-bond donors (Lipinski definition) is 6. The Morgan fingerprint density at radius 2 is 1.78 bits per heavy atom. The van der Waals surface area contributed by atoms with Crippen LogP contribution < -0.4 is 15.4 Å². The molecule has 6 atom stereocenters. The Morgan fingerprint density at radius 1 is 1.07 bits per heavy atom. The normalized spacial score (nSPS) is 24.4. The number of aliphatic hydroxyl groups excluding tert-OH is 2. The molecule has 0 aromatic heterocycles. The molecule has 2 amide bonds. The van der Waals surface area contributed by atoms with Gasteiger partial charge >= 0.3 is 0 Å². The summed E-state index contributed by atoms with van der Waals surface area (Å²) >= 11 is 0. The first-order chi connectivity index (χ1) is 26.3. The average Bonchev–Trinajstić information content (AvgIpc) is 3.16. The highest BCUT2D eigenvalue weighted by atomic mass is 16.7. The molecule has 1 heterocycles. The van der Waals surface area contributed by atoms with Gasteiger partial charge in [-0.2, -0.15) is 0 Å². The van der Waals surface area contributed by atoms with Gasteiger partial charge in [-0.25, -0.2) is 0 Å². The summed E-state index contributed by atoms with van der Waals surface area (Å²) < 4.78 is 28.8. The largest absolute Gasteiger partial charge is 0.507 e. The zero-order chi connectivity index (χ0) is 40.0. The molecule has 2 aliphatic carbocycles. The van der Waals surface area contributed by atoms with Crippen LogP contribution in [-0.2, 0) is 35.0 Å². The summed E-state index contributed by atoms with van der Waals surface area (Å²) in [6.07, 6.45) is -3.52. The van der Waals surface area contributed by atoms with Gasteiger partial charge in [-0.05, 0) is 59.7 Å². The van der Waals surface area contributed by atoms with Crippen molar-refractivity contribution in [3.05, 3.63) is 75.9 Å². The van der Waals surface area contributed by atoms with E-state index in [0.29, 0.717) is 60.0 Å². The number of carbonyl (C=O) groups excluding carboxylic acids is 3. The van der Waals surface area contributed by atoms with Crippen molar-refractivity contribution >= 4 is 23.2 Å². The number of phenols is 1. The van der Waals surface area contributed by atoms with Crippen molar-refractivity contribution in [1.29, 1.82) is 0 Å². The number of carbonyl (C=O) groups is 3. The number of aromatic hydroxyl groups is 1. The average molecular weight is 767 g/mol. The molecule has 5 rings (SSSR count). The molecule has 3 aliphatic rings. The highest BCUT2D eigenvalue weighted by Gasteiger charge is 2.47. The molecule has 14 heteroatoms. The van der Waals surface area contributed by atoms with Crippen LogP contribution in [0.2, 0.25) is 0 Å². The van der Waals surface area contributed by atoms with Gasteiger partial charge < -0.3 is 54.7 Å². The number of rotatable bonds is 17. The van der Waals surface area contributed by atoms with E-state index in [2.05, 4.69) is 23.8 Å². The number of methoxy groups -OCH3 is 1. The summed E-state index contributed by atoms with van der Waals surface area (Å²) in [7, 11) is 1.46. The van der Waals surface area contributed by atoms with Crippen LogP contribution in [0.15, 0.2) is 36.9 Å². The van der Waals surface area contributed by atoms with Gasteiger partial charge in [0.2, 0.25) is 17.6 Å². The van der Waals surface area contributed by atoms with Crippen molar-refractivity contribution in [2.24, 2.45) is 0 Å². The second kappa shape index (κ2) is 18.2. The maximum Gasteiger partial charge on any atom is 0.220 e. The first-order valence-electron chi connectivity index (χ1n) is 18.8. The topological polar surface area (TPSA) is 202 Å². The Balaban J connectivity index is 1.32. The van der Waals surface area contributed by atoms with E-state index in [0.717, 1.165) is 6.42 Å². The summed E-state index contributed by atoms with van der Waals surface area (Å²) in [4.78, 5) is 39.5. The van der Waals surface area contributed by atoms with E-state index < -0.39 is 54.5 Å². The molecular formula is C41H54N2O12. The number of benzene rings is 2. The Labute approximate surface area is 321 Å². The van der Waals surface area contributed by atoms with Gasteiger partial charge in [0.05, 0.1) is 68.5 Å². The van der Waals surface area contributed by atoms with E-state index in [1.165, 1.54) is 7.11 Å². The van der Waals surface area contributed by atoms with Crippen LogP contribution in [0.25, 0.3) is 5.57 Å². The Bertz CT molecular complexity index is 1790. The Kier molecular flexibility index (Phi) is 13.9. The molecule has 6 N–H and O–H groups in total. The van der Waals surface area contributed by atoms with E-state index in [-0.39, 0.29) is 72.6 Å². The number of hydrogen-bond acceptors (Lipinski definition) is 12. The van der Waals surface area contributed by atoms with E-state index >= 15 is 0 Å². The lowest BCUT2D eigenvalue weighted by molar-refractivity contribution is -0.249. The number of ketones is 1. The molecule has 0 saturated carbocycles. The molecule has 1 fully saturated rings. The van der Waals surface area contributed by atoms with Crippen LogP contribution in [0, 0.1) is 6.92 Å². The van der Waals surface area contributed by atoms with Crippen LogP contribution in [-0.4, -0.2) is 115 Å². The second-order valence-corrected chi connectivity index (χ2v) is 14.4. The highest BCUT2D eigenvalue weighted by Crippen LogP contribution is 2.53. The molecule has 0 spiro atoms. The zero-order valence-electron chi connectivity index (χ0n) is 32.1. The van der Waals surface area contributed by atoms with Crippen LogP contribution in [0.4, 0.5) is 0 Å². The van der Waals surface area contributed by atoms with Gasteiger partial charge in [-0.15, -0.1) is 0 Å². The molecule has 2 aromatic carbocycles. The quantitative estimate of drug-likeness (QED) is 0.0868.